The topological polar surface area (TPSA) is 92.2 Å². The molecule has 6 nitrogen and oxygen atoms in total. The lowest BCUT2D eigenvalue weighted by atomic mass is 10.1. The van der Waals surface area contributed by atoms with Crippen LogP contribution < -0.4 is 5.32 Å². The van der Waals surface area contributed by atoms with Crippen LogP contribution in [0.4, 0.5) is 0 Å². The highest BCUT2D eigenvalue weighted by molar-refractivity contribution is 7.99. The highest BCUT2D eigenvalue weighted by Crippen LogP contribution is 2.18. The lowest BCUT2D eigenvalue weighted by Crippen LogP contribution is -2.42. The van der Waals surface area contributed by atoms with Crippen LogP contribution in [0.2, 0.25) is 5.02 Å². The predicted octanol–water partition coefficient (Wildman–Crippen LogP) is 2.67. The van der Waals surface area contributed by atoms with Crippen LogP contribution in [0.1, 0.15) is 23.0 Å². The first-order valence-corrected chi connectivity index (χ1v) is 8.60. The Bertz CT molecular complexity index is 728. The number of nitrogens with zero attached hydrogens (tertiary/aromatic N) is 2. The third-order valence-electron chi connectivity index (χ3n) is 3.10. The number of carbonyl (C=O) groups is 2. The van der Waals surface area contributed by atoms with Crippen LogP contribution in [0.5, 0.6) is 0 Å². The van der Waals surface area contributed by atoms with E-state index in [1.807, 2.05) is 25.1 Å². The zero-order chi connectivity index (χ0) is 17.5. The molecule has 1 aromatic heterocycles. The van der Waals surface area contributed by atoms with Crippen LogP contribution >= 0.6 is 23.4 Å². The van der Waals surface area contributed by atoms with Crippen LogP contribution in [0.25, 0.3) is 0 Å². The minimum atomic E-state index is -1.12. The Kier molecular flexibility index (Phi) is 6.57. The molecule has 1 atom stereocenters. The lowest BCUT2D eigenvalue weighted by Gasteiger charge is -2.15. The number of aromatic nitrogens is 2. The Morgan fingerprint density at radius 1 is 1.33 bits per heavy atom. The van der Waals surface area contributed by atoms with E-state index < -0.39 is 17.9 Å². The van der Waals surface area contributed by atoms with Crippen molar-refractivity contribution in [1.82, 2.24) is 15.3 Å². The van der Waals surface area contributed by atoms with Crippen molar-refractivity contribution < 1.29 is 14.7 Å². The van der Waals surface area contributed by atoms with Gasteiger partial charge in [0.15, 0.2) is 10.9 Å². The van der Waals surface area contributed by atoms with Crippen LogP contribution in [-0.2, 0) is 11.2 Å². The molecule has 0 unspecified atom stereocenters. The maximum atomic E-state index is 12.4. The summed E-state index contributed by atoms with van der Waals surface area (Å²) in [6.45, 7) is 1.93. The van der Waals surface area contributed by atoms with Crippen molar-refractivity contribution in [3.63, 3.8) is 0 Å². The molecule has 0 aliphatic carbocycles. The number of thioether (sulfide) groups is 1. The van der Waals surface area contributed by atoms with Crippen molar-refractivity contribution in [2.45, 2.75) is 24.5 Å². The molecule has 126 valence electrons. The third kappa shape index (κ3) is 4.94. The van der Waals surface area contributed by atoms with Gasteiger partial charge < -0.3 is 10.4 Å². The second-order valence-corrected chi connectivity index (χ2v) is 6.47. The molecule has 0 aliphatic rings. The Labute approximate surface area is 148 Å². The van der Waals surface area contributed by atoms with Gasteiger partial charge in [-0.15, -0.1) is 0 Å². The van der Waals surface area contributed by atoms with Gasteiger partial charge in [-0.3, -0.25) is 4.79 Å². The van der Waals surface area contributed by atoms with E-state index in [-0.39, 0.29) is 17.1 Å². The third-order valence-corrected chi connectivity index (χ3v) is 4.12. The summed E-state index contributed by atoms with van der Waals surface area (Å²) in [5, 5.41) is 12.3. The first-order valence-electron chi connectivity index (χ1n) is 7.24. The summed E-state index contributed by atoms with van der Waals surface area (Å²) < 4.78 is 0. The number of aliphatic carboxylic acids is 1. The summed E-state index contributed by atoms with van der Waals surface area (Å²) in [6, 6.07) is 7.99. The van der Waals surface area contributed by atoms with Gasteiger partial charge in [0.25, 0.3) is 5.91 Å². The number of rotatable bonds is 7. The summed E-state index contributed by atoms with van der Waals surface area (Å²) in [6.07, 6.45) is 1.51. The highest BCUT2D eigenvalue weighted by atomic mass is 35.5. The number of hydrogen-bond donors (Lipinski definition) is 2. The highest BCUT2D eigenvalue weighted by Gasteiger charge is 2.23. The summed E-state index contributed by atoms with van der Waals surface area (Å²) in [7, 11) is 0. The Morgan fingerprint density at radius 2 is 2.04 bits per heavy atom. The smallest absolute Gasteiger partial charge is 0.326 e. The maximum Gasteiger partial charge on any atom is 0.326 e. The van der Waals surface area contributed by atoms with E-state index in [1.54, 1.807) is 12.1 Å². The number of nitrogens with one attached hydrogen (secondary N) is 1. The van der Waals surface area contributed by atoms with E-state index in [0.29, 0.717) is 5.16 Å². The largest absolute Gasteiger partial charge is 0.480 e. The quantitative estimate of drug-likeness (QED) is 0.579. The van der Waals surface area contributed by atoms with Crippen molar-refractivity contribution in [1.29, 1.82) is 0 Å². The summed E-state index contributed by atoms with van der Waals surface area (Å²) in [5.74, 6) is -1.02. The minimum Gasteiger partial charge on any atom is -0.480 e. The Hall–Kier alpha value is -2.12. The van der Waals surface area contributed by atoms with Crippen molar-refractivity contribution in [3.05, 3.63) is 52.8 Å². The van der Waals surface area contributed by atoms with E-state index in [2.05, 4.69) is 15.3 Å². The van der Waals surface area contributed by atoms with Crippen LogP contribution in [0.3, 0.4) is 0 Å². The van der Waals surface area contributed by atoms with Crippen LogP contribution in [0, 0.1) is 0 Å². The van der Waals surface area contributed by atoms with E-state index in [1.165, 1.54) is 18.0 Å². The van der Waals surface area contributed by atoms with Gasteiger partial charge >= 0.3 is 5.97 Å². The van der Waals surface area contributed by atoms with Gasteiger partial charge in [0.05, 0.1) is 11.2 Å². The molecular formula is C16H16ClN3O3S. The fourth-order valence-electron chi connectivity index (χ4n) is 1.99. The first-order chi connectivity index (χ1) is 11.5. The van der Waals surface area contributed by atoms with Gasteiger partial charge in [0.2, 0.25) is 0 Å². The minimum absolute atomic E-state index is 0.0260. The molecule has 0 radical (unpaired) electrons. The van der Waals surface area contributed by atoms with E-state index in [9.17, 15) is 14.7 Å². The van der Waals surface area contributed by atoms with Crippen molar-refractivity contribution in [3.8, 4) is 0 Å². The van der Waals surface area contributed by atoms with Crippen molar-refractivity contribution in [2.24, 2.45) is 0 Å². The zero-order valence-electron chi connectivity index (χ0n) is 12.9. The number of benzene rings is 1. The molecule has 24 heavy (non-hydrogen) atoms. The molecule has 0 saturated carbocycles. The standard InChI is InChI=1S/C16H16ClN3O3S/c1-2-24-16-18-9-11(17)13(20-16)14(21)19-12(15(22)23)8-10-6-4-3-5-7-10/h3-7,9,12H,2,8H2,1H3,(H,19,21)(H,22,23)/t12-/m1/s1. The van der Waals surface area contributed by atoms with E-state index in [4.69, 9.17) is 11.6 Å². The molecule has 0 fully saturated rings. The second-order valence-electron chi connectivity index (χ2n) is 4.84. The Balaban J connectivity index is 2.16. The van der Waals surface area contributed by atoms with Gasteiger partial charge in [-0.1, -0.05) is 60.6 Å². The molecule has 1 heterocycles. The fourth-order valence-corrected chi connectivity index (χ4v) is 2.70. The lowest BCUT2D eigenvalue weighted by molar-refractivity contribution is -0.139. The number of amides is 1. The number of carbonyl (C=O) groups excluding carboxylic acids is 1. The molecule has 1 aromatic carbocycles. The number of hydrogen-bond acceptors (Lipinski definition) is 5. The van der Waals surface area contributed by atoms with Crippen molar-refractivity contribution in [2.75, 3.05) is 5.75 Å². The van der Waals surface area contributed by atoms with Gasteiger partial charge in [-0.05, 0) is 11.3 Å². The number of halogens is 1. The van der Waals surface area contributed by atoms with E-state index in [0.717, 1.165) is 11.3 Å². The fraction of sp³-hybridized carbons (Fsp3) is 0.250. The molecular weight excluding hydrogens is 350 g/mol. The Morgan fingerprint density at radius 3 is 2.67 bits per heavy atom. The number of carboxylic acids is 1. The van der Waals surface area contributed by atoms with Crippen LogP contribution in [-0.4, -0.2) is 38.7 Å². The summed E-state index contributed by atoms with van der Waals surface area (Å²) in [5.41, 5.74) is 0.781. The van der Waals surface area contributed by atoms with Crippen molar-refractivity contribution >= 4 is 35.2 Å². The molecule has 1 amide bonds. The zero-order valence-corrected chi connectivity index (χ0v) is 14.5. The SMILES string of the molecule is CCSc1ncc(Cl)c(C(=O)N[C@H](Cc2ccccc2)C(=O)O)n1. The van der Waals surface area contributed by atoms with Gasteiger partial charge in [-0.25, -0.2) is 14.8 Å². The molecule has 2 aromatic rings. The normalized spacial score (nSPS) is 11.8. The molecule has 2 N–H and O–H groups in total. The predicted molar refractivity (Wildman–Crippen MR) is 92.5 cm³/mol. The summed E-state index contributed by atoms with van der Waals surface area (Å²) >= 11 is 7.34. The monoisotopic (exact) mass is 365 g/mol. The first kappa shape index (κ1) is 18.2. The summed E-state index contributed by atoms with van der Waals surface area (Å²) in [4.78, 5) is 31.9. The molecule has 0 spiro atoms. The molecule has 0 saturated heterocycles. The molecule has 2 rings (SSSR count). The van der Waals surface area contributed by atoms with Gasteiger partial charge in [-0.2, -0.15) is 0 Å². The number of carboxylic acid groups (broad SMARTS) is 1. The molecule has 0 bridgehead atoms. The average Bonchev–Trinajstić information content (AvgIpc) is 2.57. The van der Waals surface area contributed by atoms with Gasteiger partial charge in [0, 0.05) is 6.42 Å². The van der Waals surface area contributed by atoms with Crippen LogP contribution in [0.15, 0.2) is 41.7 Å². The van der Waals surface area contributed by atoms with E-state index >= 15 is 0 Å². The average molecular weight is 366 g/mol. The van der Waals surface area contributed by atoms with Gasteiger partial charge in [0.1, 0.15) is 6.04 Å². The molecule has 0 aliphatic heterocycles. The maximum absolute atomic E-state index is 12.4. The molecule has 8 heteroatoms. The second kappa shape index (κ2) is 8.65.